The van der Waals surface area contributed by atoms with Crippen LogP contribution in [-0.2, 0) is 11.0 Å². The molecule has 1 heterocycles. The minimum atomic E-state index is -5.05. The molecule has 4 rings (SSSR count). The molecule has 2 aromatic rings. The van der Waals surface area contributed by atoms with E-state index in [-0.39, 0.29) is 54.1 Å². The Kier molecular flexibility index (Phi) is 8.76. The fraction of sp³-hybridized carbons (Fsp3) is 0.556. The Morgan fingerprint density at radius 3 is 2.17 bits per heavy atom. The van der Waals surface area contributed by atoms with Crippen LogP contribution in [0.3, 0.4) is 0 Å². The maximum atomic E-state index is 15.6. The van der Waals surface area contributed by atoms with Crippen LogP contribution in [0, 0.1) is 11.2 Å². The zero-order valence-electron chi connectivity index (χ0n) is 22.0. The molecule has 0 bridgehead atoms. The molecule has 224 valence electrons. The summed E-state index contributed by atoms with van der Waals surface area (Å²) >= 11 is 12.0. The van der Waals surface area contributed by atoms with Crippen LogP contribution in [0.15, 0.2) is 18.3 Å². The summed E-state index contributed by atoms with van der Waals surface area (Å²) in [6.45, 7) is 0.00787. The second-order valence-corrected chi connectivity index (χ2v) is 11.9. The molecule has 0 saturated heterocycles. The van der Waals surface area contributed by atoms with Crippen molar-refractivity contribution in [1.82, 2.24) is 14.7 Å². The molecular formula is C27H28Cl2F5N3O4. The molecule has 0 unspecified atom stereocenters. The summed E-state index contributed by atoms with van der Waals surface area (Å²) in [7, 11) is 0. The van der Waals surface area contributed by atoms with E-state index in [2.05, 4.69) is 5.10 Å². The molecule has 14 heteroatoms. The number of halogens is 7. The summed E-state index contributed by atoms with van der Waals surface area (Å²) < 4.78 is 73.2. The quantitative estimate of drug-likeness (QED) is 0.249. The SMILES string of the molecule is C[C@]1(C(=O)O)CC[C@H](n2ncc(C(=O)N(CC(=O)c3c(Cl)cc(F)cc3Cl)CC3(F)CCCC3)c2C(F)(F)F)CC1. The van der Waals surface area contributed by atoms with Crippen LogP contribution in [0.1, 0.15) is 90.7 Å². The van der Waals surface area contributed by atoms with Crippen LogP contribution in [0.4, 0.5) is 22.0 Å². The Hall–Kier alpha value is -2.73. The average molecular weight is 624 g/mol. The molecule has 2 aliphatic carbocycles. The number of benzene rings is 1. The van der Waals surface area contributed by atoms with E-state index in [1.165, 1.54) is 6.92 Å². The number of carboxylic acid groups (broad SMARTS) is 1. The Morgan fingerprint density at radius 1 is 1.10 bits per heavy atom. The summed E-state index contributed by atoms with van der Waals surface area (Å²) in [5, 5.41) is 12.6. The Balaban J connectivity index is 1.69. The molecule has 2 saturated carbocycles. The van der Waals surface area contributed by atoms with E-state index < -0.39 is 71.1 Å². The van der Waals surface area contributed by atoms with Crippen LogP contribution in [0.2, 0.25) is 10.0 Å². The number of rotatable bonds is 8. The van der Waals surface area contributed by atoms with Crippen LogP contribution >= 0.6 is 23.2 Å². The van der Waals surface area contributed by atoms with Gasteiger partial charge in [-0.25, -0.2) is 8.78 Å². The van der Waals surface area contributed by atoms with Crippen molar-refractivity contribution < 1.29 is 41.4 Å². The van der Waals surface area contributed by atoms with Crippen molar-refractivity contribution in [3.63, 3.8) is 0 Å². The fourth-order valence-electron chi connectivity index (χ4n) is 5.72. The van der Waals surface area contributed by atoms with Gasteiger partial charge in [-0.3, -0.25) is 19.1 Å². The van der Waals surface area contributed by atoms with E-state index in [1.54, 1.807) is 0 Å². The lowest BCUT2D eigenvalue weighted by atomic mass is 9.74. The highest BCUT2D eigenvalue weighted by Crippen LogP contribution is 2.44. The summed E-state index contributed by atoms with van der Waals surface area (Å²) in [6.07, 6.45) is -2.81. The van der Waals surface area contributed by atoms with Crippen molar-refractivity contribution in [1.29, 1.82) is 0 Å². The second kappa shape index (κ2) is 11.5. The molecule has 2 fully saturated rings. The van der Waals surface area contributed by atoms with Gasteiger partial charge in [0.05, 0.1) is 51.9 Å². The van der Waals surface area contributed by atoms with E-state index in [0.29, 0.717) is 22.4 Å². The van der Waals surface area contributed by atoms with Gasteiger partial charge in [-0.15, -0.1) is 0 Å². The van der Waals surface area contributed by atoms with Crippen LogP contribution in [-0.4, -0.2) is 56.2 Å². The maximum absolute atomic E-state index is 15.6. The van der Waals surface area contributed by atoms with Gasteiger partial charge >= 0.3 is 12.1 Å². The summed E-state index contributed by atoms with van der Waals surface area (Å²) in [6, 6.07) is 0.826. The number of alkyl halides is 4. The van der Waals surface area contributed by atoms with Crippen molar-refractivity contribution in [2.75, 3.05) is 13.1 Å². The third-order valence-electron chi connectivity index (χ3n) is 8.10. The number of hydrogen-bond donors (Lipinski definition) is 1. The third kappa shape index (κ3) is 6.53. The summed E-state index contributed by atoms with van der Waals surface area (Å²) in [4.78, 5) is 39.1. The van der Waals surface area contributed by atoms with Crippen LogP contribution in [0.25, 0.3) is 0 Å². The van der Waals surface area contributed by atoms with Gasteiger partial charge in [-0.2, -0.15) is 18.3 Å². The van der Waals surface area contributed by atoms with Crippen molar-refractivity contribution in [2.45, 2.75) is 76.2 Å². The van der Waals surface area contributed by atoms with E-state index in [0.717, 1.165) is 18.3 Å². The molecule has 41 heavy (non-hydrogen) atoms. The number of carboxylic acids is 1. The number of aromatic nitrogens is 2. The largest absolute Gasteiger partial charge is 0.481 e. The van der Waals surface area contributed by atoms with Gasteiger partial charge in [0.1, 0.15) is 11.5 Å². The minimum Gasteiger partial charge on any atom is -0.481 e. The van der Waals surface area contributed by atoms with E-state index in [4.69, 9.17) is 23.2 Å². The predicted octanol–water partition coefficient (Wildman–Crippen LogP) is 7.16. The first-order chi connectivity index (χ1) is 19.0. The van der Waals surface area contributed by atoms with Gasteiger partial charge in [-0.1, -0.05) is 36.0 Å². The normalized spacial score (nSPS) is 22.5. The molecule has 0 radical (unpaired) electrons. The minimum absolute atomic E-state index is 0.0544. The standard InChI is InChI=1S/C27H28Cl2F5N3O4/c1-25(24(40)41)8-4-16(5-9-25)37-22(27(32,33)34)17(12-35-37)23(39)36(14-26(31)6-2-3-7-26)13-20(38)21-18(28)10-15(30)11-19(21)29/h10-12,16H,2-9,13-14H2,1H3,(H,40,41)/t16-,25-. The lowest BCUT2D eigenvalue weighted by Gasteiger charge is -2.34. The molecule has 0 atom stereocenters. The van der Waals surface area contributed by atoms with Gasteiger partial charge in [0.15, 0.2) is 11.5 Å². The van der Waals surface area contributed by atoms with Gasteiger partial charge in [-0.05, 0) is 57.6 Å². The molecule has 0 spiro atoms. The first kappa shape index (κ1) is 31.2. The third-order valence-corrected chi connectivity index (χ3v) is 8.69. The zero-order valence-corrected chi connectivity index (χ0v) is 23.6. The first-order valence-electron chi connectivity index (χ1n) is 13.1. The van der Waals surface area contributed by atoms with Gasteiger partial charge in [0.2, 0.25) is 0 Å². The number of ketones is 1. The van der Waals surface area contributed by atoms with Crippen LogP contribution in [0.5, 0.6) is 0 Å². The highest BCUT2D eigenvalue weighted by atomic mass is 35.5. The Labute approximate surface area is 242 Å². The van der Waals surface area contributed by atoms with Gasteiger partial charge in [0.25, 0.3) is 5.91 Å². The number of aliphatic carboxylic acids is 1. The predicted molar refractivity (Wildman–Crippen MR) is 139 cm³/mol. The molecule has 1 N–H and O–H groups in total. The molecule has 2 aliphatic rings. The summed E-state index contributed by atoms with van der Waals surface area (Å²) in [5.41, 5.74) is -5.58. The topological polar surface area (TPSA) is 92.5 Å². The monoisotopic (exact) mass is 623 g/mol. The number of hydrogen-bond acceptors (Lipinski definition) is 4. The first-order valence-corrected chi connectivity index (χ1v) is 13.8. The maximum Gasteiger partial charge on any atom is 0.433 e. The molecule has 0 aliphatic heterocycles. The van der Waals surface area contributed by atoms with E-state index in [1.807, 2.05) is 0 Å². The van der Waals surface area contributed by atoms with Crippen molar-refractivity contribution in [3.05, 3.63) is 51.0 Å². The molecule has 1 amide bonds. The second-order valence-electron chi connectivity index (χ2n) is 11.1. The number of carbonyl (C=O) groups excluding carboxylic acids is 2. The Morgan fingerprint density at radius 2 is 1.66 bits per heavy atom. The number of carbonyl (C=O) groups is 3. The average Bonchev–Trinajstić information content (AvgIpc) is 3.50. The number of nitrogens with zero attached hydrogens (tertiary/aromatic N) is 3. The fourth-order valence-corrected chi connectivity index (χ4v) is 6.39. The van der Waals surface area contributed by atoms with Crippen molar-refractivity contribution in [2.24, 2.45) is 5.41 Å². The molecule has 7 nitrogen and oxygen atoms in total. The van der Waals surface area contributed by atoms with E-state index in [9.17, 15) is 37.1 Å². The lowest BCUT2D eigenvalue weighted by molar-refractivity contribution is -0.152. The lowest BCUT2D eigenvalue weighted by Crippen LogP contribution is -2.45. The zero-order chi connectivity index (χ0) is 30.3. The van der Waals surface area contributed by atoms with Crippen molar-refractivity contribution >= 4 is 40.9 Å². The highest BCUT2D eigenvalue weighted by molar-refractivity contribution is 6.40. The molecule has 1 aromatic heterocycles. The molecular weight excluding hydrogens is 596 g/mol. The number of amides is 1. The van der Waals surface area contributed by atoms with Crippen molar-refractivity contribution in [3.8, 4) is 0 Å². The van der Waals surface area contributed by atoms with Gasteiger partial charge < -0.3 is 10.0 Å². The molecule has 1 aromatic carbocycles. The van der Waals surface area contributed by atoms with Crippen LogP contribution < -0.4 is 0 Å². The highest BCUT2D eigenvalue weighted by Gasteiger charge is 2.46. The smallest absolute Gasteiger partial charge is 0.433 e. The summed E-state index contributed by atoms with van der Waals surface area (Å²) in [5.74, 6) is -4.04. The van der Waals surface area contributed by atoms with E-state index >= 15 is 4.39 Å². The Bertz CT molecular complexity index is 1330. The number of Topliss-reactive ketones (excluding diaryl/α,β-unsaturated/α-hetero) is 1. The van der Waals surface area contributed by atoms with Gasteiger partial charge in [0, 0.05) is 0 Å².